The number of hydrogen-bond donors (Lipinski definition) is 2. The maximum atomic E-state index is 13.7. The van der Waals surface area contributed by atoms with Crippen molar-refractivity contribution in [3.63, 3.8) is 0 Å². The summed E-state index contributed by atoms with van der Waals surface area (Å²) in [6.45, 7) is 0.202. The Balaban J connectivity index is 1.58. The summed E-state index contributed by atoms with van der Waals surface area (Å²) >= 11 is 0. The predicted molar refractivity (Wildman–Crippen MR) is 148 cm³/mol. The Morgan fingerprint density at radius 1 is 0.848 bits per heavy atom. The molecule has 0 aliphatic heterocycles. The van der Waals surface area contributed by atoms with E-state index in [-0.39, 0.29) is 36.3 Å². The van der Waals surface area contributed by atoms with Crippen LogP contribution in [0.4, 0.5) is 45.5 Å². The number of aromatic nitrogens is 5. The first kappa shape index (κ1) is 35.4. The maximum Gasteiger partial charge on any atom is 0.417 e. The van der Waals surface area contributed by atoms with Crippen LogP contribution in [-0.4, -0.2) is 50.0 Å². The van der Waals surface area contributed by atoms with Gasteiger partial charge in [0.25, 0.3) is 5.95 Å². The van der Waals surface area contributed by atoms with Crippen LogP contribution >= 0.6 is 0 Å². The number of nitrogens with one attached hydrogen (secondary N) is 1. The fourth-order valence-electron chi connectivity index (χ4n) is 5.61. The molecule has 0 unspecified atom stereocenters. The fourth-order valence-corrected chi connectivity index (χ4v) is 5.61. The van der Waals surface area contributed by atoms with Gasteiger partial charge in [-0.1, -0.05) is 17.9 Å². The number of benzene rings is 1. The second-order valence-electron chi connectivity index (χ2n) is 11.5. The van der Waals surface area contributed by atoms with E-state index in [4.69, 9.17) is 5.11 Å². The second-order valence-corrected chi connectivity index (χ2v) is 11.5. The molecule has 2 aromatic heterocycles. The molecule has 1 aliphatic rings. The summed E-state index contributed by atoms with van der Waals surface area (Å²) < 4.78 is 122. The molecule has 0 atom stereocenters. The van der Waals surface area contributed by atoms with Crippen LogP contribution in [0.3, 0.4) is 0 Å². The minimum absolute atomic E-state index is 0.00296. The van der Waals surface area contributed by atoms with E-state index in [0.29, 0.717) is 43.3 Å². The van der Waals surface area contributed by atoms with Gasteiger partial charge in [-0.15, -0.1) is 5.10 Å². The molecule has 2 heterocycles. The van der Waals surface area contributed by atoms with Crippen LogP contribution in [0.5, 0.6) is 0 Å². The third kappa shape index (κ3) is 9.77. The summed E-state index contributed by atoms with van der Waals surface area (Å²) in [6, 6.07) is 1.95. The second kappa shape index (κ2) is 14.5. The van der Waals surface area contributed by atoms with E-state index < -0.39 is 53.9 Å². The molecular formula is C29H34F9N7O. The predicted octanol–water partition coefficient (Wildman–Crippen LogP) is 6.19. The van der Waals surface area contributed by atoms with Crippen molar-refractivity contribution in [1.82, 2.24) is 30.5 Å². The smallest absolute Gasteiger partial charge is 0.396 e. The van der Waals surface area contributed by atoms with Crippen LogP contribution in [0.15, 0.2) is 30.5 Å². The minimum atomic E-state index is -5.09. The van der Waals surface area contributed by atoms with Crippen molar-refractivity contribution in [2.24, 2.45) is 18.9 Å². The lowest BCUT2D eigenvalue weighted by Crippen LogP contribution is -2.29. The quantitative estimate of drug-likeness (QED) is 0.176. The molecule has 1 fully saturated rings. The van der Waals surface area contributed by atoms with Crippen LogP contribution in [0.1, 0.15) is 65.6 Å². The minimum Gasteiger partial charge on any atom is -0.396 e. The normalized spacial score (nSPS) is 17.8. The summed E-state index contributed by atoms with van der Waals surface area (Å²) in [7, 11) is 1.38. The SMILES string of the molecule is Cn1nnc(N(Cc2cc(C(F)(F)F)cc(C(F)(F)F)c2)Cc2cc(C(F)(F)F)cnc2CCNCC2CCC(CCO)CC2)n1. The zero-order valence-electron chi connectivity index (χ0n) is 24.9. The molecule has 1 aromatic carbocycles. The average Bonchev–Trinajstić information content (AvgIpc) is 3.41. The van der Waals surface area contributed by atoms with Gasteiger partial charge in [-0.05, 0) is 78.2 Å². The van der Waals surface area contributed by atoms with Crippen LogP contribution < -0.4 is 10.2 Å². The van der Waals surface area contributed by atoms with Gasteiger partial charge in [-0.25, -0.2) is 0 Å². The zero-order chi connectivity index (χ0) is 33.7. The van der Waals surface area contributed by atoms with Gasteiger partial charge in [0.05, 0.1) is 23.7 Å². The van der Waals surface area contributed by atoms with Crippen molar-refractivity contribution in [2.75, 3.05) is 24.6 Å². The molecule has 46 heavy (non-hydrogen) atoms. The molecule has 8 nitrogen and oxygen atoms in total. The van der Waals surface area contributed by atoms with Crippen molar-refractivity contribution in [3.8, 4) is 0 Å². The molecule has 0 saturated heterocycles. The Bertz CT molecular complexity index is 1400. The summed E-state index contributed by atoms with van der Waals surface area (Å²) in [5.74, 6) is 0.705. The molecule has 1 saturated carbocycles. The number of aliphatic hydroxyl groups excluding tert-OH is 1. The first-order chi connectivity index (χ1) is 21.5. The summed E-state index contributed by atoms with van der Waals surface area (Å²) in [5, 5.41) is 23.9. The molecule has 1 aliphatic carbocycles. The molecule has 254 valence electrons. The number of aliphatic hydroxyl groups is 1. The van der Waals surface area contributed by atoms with Crippen LogP contribution in [0.2, 0.25) is 0 Å². The van der Waals surface area contributed by atoms with Gasteiger partial charge in [0.2, 0.25) is 0 Å². The summed E-state index contributed by atoms with van der Waals surface area (Å²) in [5.41, 5.74) is -4.22. The topological polar surface area (TPSA) is 92.0 Å². The highest BCUT2D eigenvalue weighted by Gasteiger charge is 2.37. The molecule has 0 spiro atoms. The first-order valence-electron chi connectivity index (χ1n) is 14.7. The summed E-state index contributed by atoms with van der Waals surface area (Å²) in [6.07, 6.45) is -9.25. The van der Waals surface area contributed by atoms with Gasteiger partial charge in [0.15, 0.2) is 0 Å². The van der Waals surface area contributed by atoms with Gasteiger partial charge >= 0.3 is 18.5 Å². The van der Waals surface area contributed by atoms with Crippen LogP contribution in [-0.2, 0) is 45.1 Å². The number of rotatable bonds is 12. The molecule has 2 N–H and O–H groups in total. The Kier molecular flexibility index (Phi) is 11.2. The molecule has 4 rings (SSSR count). The highest BCUT2D eigenvalue weighted by Crippen LogP contribution is 2.37. The van der Waals surface area contributed by atoms with E-state index in [1.165, 1.54) is 7.05 Å². The fraction of sp³-hybridized carbons (Fsp3) is 0.586. The standard InChI is InChI=1S/C29H34F9N7O/c1-44-42-26(41-43-44)45(16-20-10-22(27(30,31)32)13-23(11-20)28(33,34)35)17-21-12-24(29(36,37)38)15-40-25(21)6-8-39-14-19-4-2-18(3-5-19)7-9-46/h10-13,15,18-19,39,46H,2-9,14,16-17H2,1H3. The maximum absolute atomic E-state index is 13.7. The zero-order valence-corrected chi connectivity index (χ0v) is 24.9. The van der Waals surface area contributed by atoms with Crippen molar-refractivity contribution >= 4 is 5.95 Å². The molecule has 0 bridgehead atoms. The van der Waals surface area contributed by atoms with Crippen LogP contribution in [0.25, 0.3) is 0 Å². The van der Waals surface area contributed by atoms with Gasteiger partial charge in [0.1, 0.15) is 0 Å². The number of tetrazole rings is 1. The lowest BCUT2D eigenvalue weighted by atomic mass is 9.80. The van der Waals surface area contributed by atoms with Crippen LogP contribution in [0, 0.1) is 11.8 Å². The Morgan fingerprint density at radius 2 is 1.46 bits per heavy atom. The molecule has 0 amide bonds. The van der Waals surface area contributed by atoms with E-state index in [0.717, 1.165) is 47.9 Å². The van der Waals surface area contributed by atoms with E-state index in [1.807, 2.05) is 0 Å². The van der Waals surface area contributed by atoms with E-state index in [2.05, 4.69) is 25.7 Å². The van der Waals surface area contributed by atoms with Gasteiger partial charge in [0, 0.05) is 44.6 Å². The number of anilines is 1. The number of nitrogens with zero attached hydrogens (tertiary/aromatic N) is 6. The summed E-state index contributed by atoms with van der Waals surface area (Å²) in [4.78, 5) is 6.20. The molecule has 0 radical (unpaired) electrons. The number of hydrogen-bond acceptors (Lipinski definition) is 7. The number of aryl methyl sites for hydroxylation is 1. The van der Waals surface area contributed by atoms with Gasteiger partial charge in [-0.2, -0.15) is 44.3 Å². The van der Waals surface area contributed by atoms with E-state index in [1.54, 1.807) is 0 Å². The number of alkyl halides is 9. The lowest BCUT2D eigenvalue weighted by molar-refractivity contribution is -0.143. The van der Waals surface area contributed by atoms with Crippen molar-refractivity contribution in [3.05, 3.63) is 64.0 Å². The first-order valence-corrected chi connectivity index (χ1v) is 14.7. The highest BCUT2D eigenvalue weighted by atomic mass is 19.4. The van der Waals surface area contributed by atoms with E-state index in [9.17, 15) is 39.5 Å². The monoisotopic (exact) mass is 667 g/mol. The molecular weight excluding hydrogens is 633 g/mol. The molecule has 17 heteroatoms. The van der Waals surface area contributed by atoms with E-state index >= 15 is 0 Å². The number of halogens is 9. The lowest BCUT2D eigenvalue weighted by Gasteiger charge is -2.28. The third-order valence-electron chi connectivity index (χ3n) is 8.03. The average molecular weight is 668 g/mol. The largest absolute Gasteiger partial charge is 0.417 e. The highest BCUT2D eigenvalue weighted by molar-refractivity contribution is 5.39. The van der Waals surface area contributed by atoms with Crippen molar-refractivity contribution in [2.45, 2.75) is 70.1 Å². The van der Waals surface area contributed by atoms with Gasteiger partial charge in [-0.3, -0.25) is 4.98 Å². The Morgan fingerprint density at radius 3 is 2.00 bits per heavy atom. The van der Waals surface area contributed by atoms with Crippen molar-refractivity contribution < 1.29 is 44.6 Å². The Hall–Kier alpha value is -3.47. The Labute approximate surface area is 259 Å². The van der Waals surface area contributed by atoms with Crippen molar-refractivity contribution in [1.29, 1.82) is 0 Å². The third-order valence-corrected chi connectivity index (χ3v) is 8.03. The molecule has 3 aromatic rings. The number of pyridine rings is 1. The van der Waals surface area contributed by atoms with Gasteiger partial charge < -0.3 is 15.3 Å².